The van der Waals surface area contributed by atoms with Crippen molar-refractivity contribution in [1.82, 2.24) is 10.2 Å². The molecule has 1 atom stereocenters. The highest BCUT2D eigenvalue weighted by molar-refractivity contribution is 5.76. The second-order valence-corrected chi connectivity index (χ2v) is 4.61. The first-order chi connectivity index (χ1) is 7.65. The Hall–Kier alpha value is -1.08. The lowest BCUT2D eigenvalue weighted by Crippen LogP contribution is -2.37. The average molecular weight is 223 g/mol. The maximum Gasteiger partial charge on any atom is 0.222 e. The van der Waals surface area contributed by atoms with Gasteiger partial charge in [-0.15, -0.1) is 0 Å². The third-order valence-electron chi connectivity index (χ3n) is 3.36. The summed E-state index contributed by atoms with van der Waals surface area (Å²) in [5, 5.41) is 11.9. The molecule has 1 N–H and O–H groups in total. The van der Waals surface area contributed by atoms with Crippen LogP contribution in [0.15, 0.2) is 0 Å². The fourth-order valence-electron chi connectivity index (χ4n) is 1.99. The molecular formula is C12H21N3O. The molecule has 16 heavy (non-hydrogen) atoms. The van der Waals surface area contributed by atoms with E-state index in [0.717, 1.165) is 25.9 Å². The van der Waals surface area contributed by atoms with E-state index in [1.54, 1.807) is 11.9 Å². The van der Waals surface area contributed by atoms with E-state index in [1.807, 2.05) is 6.92 Å². The normalized spacial score (nSPS) is 18.8. The summed E-state index contributed by atoms with van der Waals surface area (Å²) in [6.07, 6.45) is 3.22. The summed E-state index contributed by atoms with van der Waals surface area (Å²) in [5.74, 6) is 0.695. The molecule has 1 aliphatic rings. The molecule has 0 radical (unpaired) electrons. The Kier molecular flexibility index (Phi) is 5.27. The van der Waals surface area contributed by atoms with Crippen LogP contribution in [0, 0.1) is 17.2 Å². The average Bonchev–Trinajstić information content (AvgIpc) is 2.29. The lowest BCUT2D eigenvalue weighted by Gasteiger charge is -2.27. The zero-order chi connectivity index (χ0) is 12.0. The van der Waals surface area contributed by atoms with Crippen molar-refractivity contribution >= 4 is 5.91 Å². The number of hydrogen-bond acceptors (Lipinski definition) is 3. The van der Waals surface area contributed by atoms with E-state index >= 15 is 0 Å². The van der Waals surface area contributed by atoms with Crippen LogP contribution >= 0.6 is 0 Å². The Morgan fingerprint density at radius 3 is 2.75 bits per heavy atom. The molecular weight excluding hydrogens is 202 g/mol. The van der Waals surface area contributed by atoms with Crippen LogP contribution in [-0.4, -0.2) is 37.0 Å². The molecule has 0 bridgehead atoms. The van der Waals surface area contributed by atoms with Crippen LogP contribution in [0.2, 0.25) is 0 Å². The van der Waals surface area contributed by atoms with Gasteiger partial charge in [0.05, 0.1) is 12.5 Å². The monoisotopic (exact) mass is 223 g/mol. The maximum atomic E-state index is 11.9. The Balaban J connectivity index is 2.35. The van der Waals surface area contributed by atoms with Crippen LogP contribution in [0.1, 0.15) is 32.6 Å². The van der Waals surface area contributed by atoms with Crippen LogP contribution in [-0.2, 0) is 4.79 Å². The number of carbonyl (C=O) groups is 1. The minimum absolute atomic E-state index is 0.0271. The third kappa shape index (κ3) is 3.82. The van der Waals surface area contributed by atoms with E-state index in [4.69, 9.17) is 5.26 Å². The van der Waals surface area contributed by atoms with Gasteiger partial charge in [0, 0.05) is 19.5 Å². The van der Waals surface area contributed by atoms with E-state index in [2.05, 4.69) is 11.4 Å². The number of hydrogen-bond donors (Lipinski definition) is 1. The molecule has 0 saturated carbocycles. The Bertz CT molecular complexity index is 266. The molecule has 1 fully saturated rings. The largest absolute Gasteiger partial charge is 0.342 e. The molecule has 90 valence electrons. The number of nitrogens with one attached hydrogen (secondary N) is 1. The van der Waals surface area contributed by atoms with Crippen molar-refractivity contribution in [2.75, 3.05) is 20.1 Å². The molecule has 1 amide bonds. The highest BCUT2D eigenvalue weighted by atomic mass is 16.2. The number of carbonyl (C=O) groups excluding carboxylic acids is 1. The summed E-state index contributed by atoms with van der Waals surface area (Å²) in [4.78, 5) is 13.6. The second-order valence-electron chi connectivity index (χ2n) is 4.61. The van der Waals surface area contributed by atoms with Gasteiger partial charge in [-0.2, -0.15) is 5.26 Å². The molecule has 0 aliphatic carbocycles. The number of nitrogens with zero attached hydrogens (tertiary/aromatic N) is 2. The highest BCUT2D eigenvalue weighted by Crippen LogP contribution is 2.17. The molecule has 1 heterocycles. The number of piperidine rings is 1. The van der Waals surface area contributed by atoms with Gasteiger partial charge in [-0.1, -0.05) is 0 Å². The van der Waals surface area contributed by atoms with Gasteiger partial charge in [-0.25, -0.2) is 0 Å². The quantitative estimate of drug-likeness (QED) is 0.777. The topological polar surface area (TPSA) is 56.1 Å². The van der Waals surface area contributed by atoms with Crippen LogP contribution in [0.25, 0.3) is 0 Å². The minimum Gasteiger partial charge on any atom is -0.342 e. The lowest BCUT2D eigenvalue weighted by molar-refractivity contribution is -0.132. The summed E-state index contributed by atoms with van der Waals surface area (Å²) in [6.45, 7) is 3.97. The van der Waals surface area contributed by atoms with E-state index in [1.165, 1.54) is 0 Å². The zero-order valence-electron chi connectivity index (χ0n) is 10.2. The SMILES string of the molecule is CC(CC#N)N(C)C(=O)CC1CCNCC1. The van der Waals surface area contributed by atoms with Crippen LogP contribution < -0.4 is 5.32 Å². The number of amides is 1. The number of rotatable bonds is 4. The van der Waals surface area contributed by atoms with E-state index < -0.39 is 0 Å². The van der Waals surface area contributed by atoms with Crippen molar-refractivity contribution in [1.29, 1.82) is 5.26 Å². The van der Waals surface area contributed by atoms with Crippen LogP contribution in [0.4, 0.5) is 0 Å². The Labute approximate surface area is 97.6 Å². The van der Waals surface area contributed by atoms with Gasteiger partial charge in [0.2, 0.25) is 5.91 Å². The third-order valence-corrected chi connectivity index (χ3v) is 3.36. The first kappa shape index (κ1) is 13.0. The van der Waals surface area contributed by atoms with Crippen molar-refractivity contribution in [2.45, 2.75) is 38.6 Å². The summed E-state index contributed by atoms with van der Waals surface area (Å²) < 4.78 is 0. The molecule has 4 nitrogen and oxygen atoms in total. The first-order valence-corrected chi connectivity index (χ1v) is 5.98. The molecule has 1 unspecified atom stereocenters. The second kappa shape index (κ2) is 6.49. The standard InChI is InChI=1S/C12H21N3O/c1-10(3-6-13)15(2)12(16)9-11-4-7-14-8-5-11/h10-11,14H,3-5,7-9H2,1-2H3. The van der Waals surface area contributed by atoms with Crippen molar-refractivity contribution in [3.63, 3.8) is 0 Å². The molecule has 0 aromatic heterocycles. The molecule has 1 aliphatic heterocycles. The van der Waals surface area contributed by atoms with Gasteiger partial charge < -0.3 is 10.2 Å². The lowest BCUT2D eigenvalue weighted by atomic mass is 9.94. The smallest absolute Gasteiger partial charge is 0.222 e. The molecule has 0 aromatic rings. The van der Waals surface area contributed by atoms with Crippen molar-refractivity contribution in [3.8, 4) is 6.07 Å². The van der Waals surface area contributed by atoms with Gasteiger partial charge in [0.25, 0.3) is 0 Å². The molecule has 1 saturated heterocycles. The summed E-state index contributed by atoms with van der Waals surface area (Å²) in [5.41, 5.74) is 0. The first-order valence-electron chi connectivity index (χ1n) is 5.98. The van der Waals surface area contributed by atoms with Crippen molar-refractivity contribution in [3.05, 3.63) is 0 Å². The molecule has 0 aromatic carbocycles. The molecule has 1 rings (SSSR count). The van der Waals surface area contributed by atoms with Gasteiger partial charge in [0.15, 0.2) is 0 Å². The van der Waals surface area contributed by atoms with Gasteiger partial charge in [-0.3, -0.25) is 4.79 Å². The molecule has 4 heteroatoms. The highest BCUT2D eigenvalue weighted by Gasteiger charge is 2.21. The van der Waals surface area contributed by atoms with E-state index in [9.17, 15) is 4.79 Å². The van der Waals surface area contributed by atoms with Crippen LogP contribution in [0.5, 0.6) is 0 Å². The number of nitriles is 1. The Morgan fingerprint density at radius 2 is 2.19 bits per heavy atom. The van der Waals surface area contributed by atoms with Gasteiger partial charge in [0.1, 0.15) is 0 Å². The van der Waals surface area contributed by atoms with Crippen molar-refractivity contribution in [2.24, 2.45) is 5.92 Å². The summed E-state index contributed by atoms with van der Waals surface area (Å²) in [7, 11) is 1.80. The zero-order valence-corrected chi connectivity index (χ0v) is 10.2. The fraction of sp³-hybridized carbons (Fsp3) is 0.833. The maximum absolute atomic E-state index is 11.9. The minimum atomic E-state index is 0.0271. The summed E-state index contributed by atoms with van der Waals surface area (Å²) in [6, 6.07) is 2.13. The van der Waals surface area contributed by atoms with E-state index in [-0.39, 0.29) is 11.9 Å². The Morgan fingerprint density at radius 1 is 1.56 bits per heavy atom. The summed E-state index contributed by atoms with van der Waals surface area (Å²) >= 11 is 0. The molecule has 0 spiro atoms. The van der Waals surface area contributed by atoms with Gasteiger partial charge in [-0.05, 0) is 38.8 Å². The van der Waals surface area contributed by atoms with Crippen LogP contribution in [0.3, 0.4) is 0 Å². The van der Waals surface area contributed by atoms with Gasteiger partial charge >= 0.3 is 0 Å². The predicted molar refractivity (Wildman–Crippen MR) is 62.7 cm³/mol. The predicted octanol–water partition coefficient (Wildman–Crippen LogP) is 1.14. The van der Waals surface area contributed by atoms with Crippen molar-refractivity contribution < 1.29 is 4.79 Å². The van der Waals surface area contributed by atoms with E-state index in [0.29, 0.717) is 18.8 Å². The fourth-order valence-corrected chi connectivity index (χ4v) is 1.99.